The smallest absolute Gasteiger partial charge is 0.232 e. The summed E-state index contributed by atoms with van der Waals surface area (Å²) in [5, 5.41) is 7.12. The van der Waals surface area contributed by atoms with Gasteiger partial charge >= 0.3 is 0 Å². The summed E-state index contributed by atoms with van der Waals surface area (Å²) in [5.41, 5.74) is 0. The summed E-state index contributed by atoms with van der Waals surface area (Å²) in [5.74, 6) is 1.15. The van der Waals surface area contributed by atoms with Crippen LogP contribution in [0.2, 0.25) is 10.0 Å². The van der Waals surface area contributed by atoms with Crippen molar-refractivity contribution in [2.24, 2.45) is 0 Å². The Morgan fingerprint density at radius 3 is 2.95 bits per heavy atom. The average molecular weight is 345 g/mol. The fourth-order valence-electron chi connectivity index (χ4n) is 1.60. The first-order valence-electron chi connectivity index (χ1n) is 6.54. The number of rotatable bonds is 7. The highest BCUT2D eigenvalue weighted by atomic mass is 35.5. The number of halogens is 2. The van der Waals surface area contributed by atoms with Crippen LogP contribution in [-0.2, 0) is 11.2 Å². The zero-order valence-electron chi connectivity index (χ0n) is 11.8. The highest BCUT2D eigenvalue weighted by Gasteiger charge is 2.08. The molecule has 1 N–H and O–H groups in total. The molecular weight excluding hydrogens is 331 g/mol. The second-order valence-electron chi connectivity index (χ2n) is 4.37. The van der Waals surface area contributed by atoms with Crippen LogP contribution in [0.1, 0.15) is 18.1 Å². The van der Waals surface area contributed by atoms with E-state index in [2.05, 4.69) is 20.4 Å². The summed E-state index contributed by atoms with van der Waals surface area (Å²) in [4.78, 5) is 19.6. The van der Waals surface area contributed by atoms with Crippen molar-refractivity contribution in [3.63, 3.8) is 0 Å². The fourth-order valence-corrected chi connectivity index (χ4v) is 2.03. The van der Waals surface area contributed by atoms with Gasteiger partial charge in [-0.25, -0.2) is 4.98 Å². The van der Waals surface area contributed by atoms with Crippen LogP contribution in [0.3, 0.4) is 0 Å². The summed E-state index contributed by atoms with van der Waals surface area (Å²) >= 11 is 11.6. The molecule has 0 aliphatic heterocycles. The lowest BCUT2D eigenvalue weighted by molar-refractivity contribution is -0.121. The molecule has 0 spiro atoms. The van der Waals surface area contributed by atoms with Gasteiger partial charge in [0, 0.05) is 19.0 Å². The first-order chi connectivity index (χ1) is 10.5. The molecule has 1 amide bonds. The Morgan fingerprint density at radius 2 is 2.27 bits per heavy atom. The van der Waals surface area contributed by atoms with Crippen molar-refractivity contribution in [1.82, 2.24) is 20.4 Å². The second-order valence-corrected chi connectivity index (χ2v) is 5.22. The van der Waals surface area contributed by atoms with Crippen LogP contribution in [-0.4, -0.2) is 34.2 Å². The summed E-state index contributed by atoms with van der Waals surface area (Å²) in [6, 6.07) is 1.54. The Bertz CT molecular complexity index is 648. The predicted molar refractivity (Wildman–Crippen MR) is 80.1 cm³/mol. The monoisotopic (exact) mass is 344 g/mol. The van der Waals surface area contributed by atoms with Gasteiger partial charge in [0.05, 0.1) is 11.6 Å². The molecule has 22 heavy (non-hydrogen) atoms. The van der Waals surface area contributed by atoms with Gasteiger partial charge < -0.3 is 14.6 Å². The van der Waals surface area contributed by atoms with E-state index in [1.807, 2.05) is 0 Å². The van der Waals surface area contributed by atoms with E-state index in [4.69, 9.17) is 32.5 Å². The van der Waals surface area contributed by atoms with Gasteiger partial charge in [0.15, 0.2) is 5.82 Å². The van der Waals surface area contributed by atoms with Crippen molar-refractivity contribution in [2.45, 2.75) is 19.8 Å². The van der Waals surface area contributed by atoms with E-state index >= 15 is 0 Å². The molecule has 0 aliphatic carbocycles. The van der Waals surface area contributed by atoms with Crippen molar-refractivity contribution in [2.75, 3.05) is 13.2 Å². The van der Waals surface area contributed by atoms with Gasteiger partial charge in [-0.05, 0) is 13.0 Å². The summed E-state index contributed by atoms with van der Waals surface area (Å²) in [6.07, 6.45) is 2.10. The first-order valence-corrected chi connectivity index (χ1v) is 7.30. The average Bonchev–Trinajstić information content (AvgIpc) is 2.89. The van der Waals surface area contributed by atoms with Crippen molar-refractivity contribution >= 4 is 29.1 Å². The molecule has 0 bridgehead atoms. The van der Waals surface area contributed by atoms with Crippen LogP contribution in [0.5, 0.6) is 5.88 Å². The Balaban J connectivity index is 1.64. The lowest BCUT2D eigenvalue weighted by Crippen LogP contribution is -2.28. The minimum absolute atomic E-state index is 0.130. The molecule has 2 aromatic rings. The van der Waals surface area contributed by atoms with Gasteiger partial charge in [-0.1, -0.05) is 28.4 Å². The molecule has 118 valence electrons. The van der Waals surface area contributed by atoms with E-state index in [-0.39, 0.29) is 24.8 Å². The lowest BCUT2D eigenvalue weighted by Gasteiger charge is -2.08. The molecule has 0 atom stereocenters. The van der Waals surface area contributed by atoms with E-state index in [9.17, 15) is 4.79 Å². The Morgan fingerprint density at radius 1 is 1.45 bits per heavy atom. The van der Waals surface area contributed by atoms with E-state index in [0.717, 1.165) is 0 Å². The van der Waals surface area contributed by atoms with Gasteiger partial charge in [-0.2, -0.15) is 4.98 Å². The second kappa shape index (κ2) is 7.95. The standard InChI is InChI=1S/C13H14Cl2N4O3/c1-8-18-12(22-19-8)3-2-11(20)16-4-5-21-13-10(15)6-9(14)7-17-13/h6-7H,2-5H2,1H3,(H,16,20). The normalized spacial score (nSPS) is 10.5. The molecule has 0 aliphatic rings. The summed E-state index contributed by atoms with van der Waals surface area (Å²) in [6.45, 7) is 2.31. The van der Waals surface area contributed by atoms with Crippen LogP contribution in [0.25, 0.3) is 0 Å². The van der Waals surface area contributed by atoms with Gasteiger partial charge in [-0.3, -0.25) is 4.79 Å². The highest BCUT2D eigenvalue weighted by Crippen LogP contribution is 2.24. The van der Waals surface area contributed by atoms with Crippen molar-refractivity contribution in [1.29, 1.82) is 0 Å². The van der Waals surface area contributed by atoms with Gasteiger partial charge in [0.25, 0.3) is 0 Å². The van der Waals surface area contributed by atoms with Crippen molar-refractivity contribution < 1.29 is 14.1 Å². The van der Waals surface area contributed by atoms with E-state index in [0.29, 0.717) is 34.7 Å². The molecule has 7 nitrogen and oxygen atoms in total. The summed E-state index contributed by atoms with van der Waals surface area (Å²) in [7, 11) is 0. The topological polar surface area (TPSA) is 90.1 Å². The minimum atomic E-state index is -0.130. The number of nitrogens with one attached hydrogen (secondary N) is 1. The molecule has 0 saturated carbocycles. The van der Waals surface area contributed by atoms with Crippen LogP contribution >= 0.6 is 23.2 Å². The minimum Gasteiger partial charge on any atom is -0.475 e. The third-order valence-electron chi connectivity index (χ3n) is 2.57. The van der Waals surface area contributed by atoms with Crippen LogP contribution in [0, 0.1) is 6.92 Å². The number of hydrogen-bond acceptors (Lipinski definition) is 6. The van der Waals surface area contributed by atoms with Crippen molar-refractivity contribution in [3.8, 4) is 5.88 Å². The molecule has 0 aromatic carbocycles. The van der Waals surface area contributed by atoms with E-state index in [1.165, 1.54) is 12.3 Å². The molecule has 0 saturated heterocycles. The van der Waals surface area contributed by atoms with Gasteiger partial charge in [0.2, 0.25) is 17.7 Å². The Hall–Kier alpha value is -1.86. The third-order valence-corrected chi connectivity index (χ3v) is 3.05. The number of ether oxygens (including phenoxy) is 1. The molecule has 9 heteroatoms. The molecule has 0 unspecified atom stereocenters. The molecule has 2 rings (SSSR count). The number of pyridine rings is 1. The number of nitrogens with zero attached hydrogens (tertiary/aromatic N) is 3. The van der Waals surface area contributed by atoms with Crippen molar-refractivity contribution in [3.05, 3.63) is 34.0 Å². The van der Waals surface area contributed by atoms with E-state index in [1.54, 1.807) is 6.92 Å². The quantitative estimate of drug-likeness (QED) is 0.774. The third kappa shape index (κ3) is 5.16. The molecule has 0 radical (unpaired) electrons. The SMILES string of the molecule is Cc1noc(CCC(=O)NCCOc2ncc(Cl)cc2Cl)n1. The Kier molecular flexibility index (Phi) is 5.97. The number of hydrogen-bond donors (Lipinski definition) is 1. The van der Waals surface area contributed by atoms with Crippen LogP contribution < -0.4 is 10.1 Å². The largest absolute Gasteiger partial charge is 0.475 e. The highest BCUT2D eigenvalue weighted by molar-refractivity contribution is 6.35. The van der Waals surface area contributed by atoms with Crippen LogP contribution in [0.4, 0.5) is 0 Å². The molecule has 2 heterocycles. The number of aromatic nitrogens is 3. The number of carbonyl (C=O) groups is 1. The molecular formula is C13H14Cl2N4O3. The number of aryl methyl sites for hydroxylation is 2. The maximum Gasteiger partial charge on any atom is 0.232 e. The number of carbonyl (C=O) groups excluding carboxylic acids is 1. The zero-order valence-corrected chi connectivity index (χ0v) is 13.3. The summed E-state index contributed by atoms with van der Waals surface area (Å²) < 4.78 is 10.3. The molecule has 0 fully saturated rings. The maximum atomic E-state index is 11.6. The van der Waals surface area contributed by atoms with E-state index < -0.39 is 0 Å². The predicted octanol–water partition coefficient (Wildman–Crippen LogP) is 2.21. The number of amides is 1. The van der Waals surface area contributed by atoms with Gasteiger partial charge in [0.1, 0.15) is 11.6 Å². The lowest BCUT2D eigenvalue weighted by atomic mass is 10.3. The zero-order chi connectivity index (χ0) is 15.9. The molecule has 2 aromatic heterocycles. The van der Waals surface area contributed by atoms with Crippen LogP contribution in [0.15, 0.2) is 16.8 Å². The first kappa shape index (κ1) is 16.5. The maximum absolute atomic E-state index is 11.6. The fraction of sp³-hybridized carbons (Fsp3) is 0.385. The Labute approximate surface area is 137 Å². The van der Waals surface area contributed by atoms with Gasteiger partial charge in [-0.15, -0.1) is 0 Å².